The van der Waals surface area contributed by atoms with Gasteiger partial charge in [-0.05, 0) is 19.3 Å². The van der Waals surface area contributed by atoms with E-state index in [1.54, 1.807) is 0 Å². The second-order valence-electron chi connectivity index (χ2n) is 4.04. The molecule has 18 heavy (non-hydrogen) atoms. The third-order valence-electron chi connectivity index (χ3n) is 2.51. The van der Waals surface area contributed by atoms with Gasteiger partial charge in [0.25, 0.3) is 0 Å². The van der Waals surface area contributed by atoms with E-state index in [0.717, 1.165) is 22.1 Å². The van der Waals surface area contributed by atoms with Crippen LogP contribution in [0.25, 0.3) is 0 Å². The first-order valence-corrected chi connectivity index (χ1v) is 6.14. The lowest BCUT2D eigenvalue weighted by molar-refractivity contribution is -0.267. The number of alkyl halides is 6. The number of ether oxygens (including phenoxy) is 1. The van der Waals surface area contributed by atoms with Crippen molar-refractivity contribution in [3.8, 4) is 0 Å². The molecule has 0 saturated carbocycles. The molecule has 0 amide bonds. The van der Waals surface area contributed by atoms with Gasteiger partial charge in [-0.25, -0.2) is 0 Å². The maximum atomic E-state index is 12.4. The van der Waals surface area contributed by atoms with Crippen molar-refractivity contribution in [2.45, 2.75) is 50.1 Å². The lowest BCUT2D eigenvalue weighted by Crippen LogP contribution is -2.51. The first kappa shape index (κ1) is 18.0. The molecular formula is C10H17F6OP. The second-order valence-corrected chi connectivity index (χ2v) is 5.02. The van der Waals surface area contributed by atoms with E-state index in [-0.39, 0.29) is 13.0 Å². The molecule has 1 unspecified atom stereocenters. The van der Waals surface area contributed by atoms with Gasteiger partial charge in [0.05, 0.1) is 0 Å². The summed E-state index contributed by atoms with van der Waals surface area (Å²) in [4.78, 5) is 0. The van der Waals surface area contributed by atoms with Crippen molar-refractivity contribution in [2.24, 2.45) is 0 Å². The molecule has 0 N–H and O–H groups in total. The van der Waals surface area contributed by atoms with Crippen molar-refractivity contribution in [2.75, 3.05) is 13.2 Å². The van der Waals surface area contributed by atoms with Crippen molar-refractivity contribution in [3.05, 3.63) is 0 Å². The van der Waals surface area contributed by atoms with Crippen molar-refractivity contribution < 1.29 is 31.1 Å². The van der Waals surface area contributed by atoms with Crippen molar-refractivity contribution in [1.29, 1.82) is 0 Å². The molecule has 0 heterocycles. The topological polar surface area (TPSA) is 9.23 Å². The maximum Gasteiger partial charge on any atom is 0.406 e. The summed E-state index contributed by atoms with van der Waals surface area (Å²) in [6.45, 7) is 2.17. The highest BCUT2D eigenvalue weighted by molar-refractivity contribution is 7.19. The predicted octanol–water partition coefficient (Wildman–Crippen LogP) is 4.32. The number of rotatable bonds is 7. The third kappa shape index (κ3) is 4.92. The molecule has 0 saturated heterocycles. The average molecular weight is 298 g/mol. The van der Waals surface area contributed by atoms with Crippen LogP contribution in [0.2, 0.25) is 0 Å². The fourth-order valence-electron chi connectivity index (χ4n) is 1.25. The summed E-state index contributed by atoms with van der Waals surface area (Å²) < 4.78 is 79.6. The van der Waals surface area contributed by atoms with Crippen LogP contribution >= 0.6 is 9.24 Å². The fraction of sp³-hybridized carbons (Fsp3) is 1.00. The molecule has 0 spiro atoms. The van der Waals surface area contributed by atoms with Gasteiger partial charge in [0, 0.05) is 13.2 Å². The first-order valence-electron chi connectivity index (χ1n) is 5.56. The normalized spacial score (nSPS) is 14.0. The van der Waals surface area contributed by atoms with Gasteiger partial charge >= 0.3 is 12.4 Å². The zero-order chi connectivity index (χ0) is 14.4. The summed E-state index contributed by atoms with van der Waals surface area (Å²) in [6.07, 6.45) is -10.4. The summed E-state index contributed by atoms with van der Waals surface area (Å²) in [5.41, 5.74) is 0. The quantitative estimate of drug-likeness (QED) is 0.386. The highest BCUT2D eigenvalue weighted by Gasteiger charge is 2.67. The van der Waals surface area contributed by atoms with E-state index in [2.05, 4.69) is 0 Å². The Balaban J connectivity index is 4.30. The summed E-state index contributed by atoms with van der Waals surface area (Å²) in [6, 6.07) is 0. The zero-order valence-electron chi connectivity index (χ0n) is 10.00. The Hall–Kier alpha value is -0.0300. The van der Waals surface area contributed by atoms with Crippen LogP contribution in [0.15, 0.2) is 0 Å². The fourth-order valence-corrected chi connectivity index (χ4v) is 1.45. The standard InChI is InChI=1S/C10H17F6OP/c1-2-3-6-17-7-4-5-8(18,9(11,12)13)10(14,15)16/h2-7,18H2,1H3. The van der Waals surface area contributed by atoms with Gasteiger partial charge in [0.15, 0.2) is 5.16 Å². The lowest BCUT2D eigenvalue weighted by Gasteiger charge is -2.33. The molecule has 110 valence electrons. The summed E-state index contributed by atoms with van der Waals surface area (Å²) in [5, 5.41) is -3.74. The van der Waals surface area contributed by atoms with E-state index in [0.29, 0.717) is 6.61 Å². The Morgan fingerprint density at radius 2 is 1.33 bits per heavy atom. The molecule has 0 rings (SSSR count). The molecule has 0 aromatic rings. The van der Waals surface area contributed by atoms with Gasteiger partial charge in [-0.1, -0.05) is 13.3 Å². The van der Waals surface area contributed by atoms with Crippen LogP contribution in [0, 0.1) is 0 Å². The number of unbranched alkanes of at least 4 members (excludes halogenated alkanes) is 1. The van der Waals surface area contributed by atoms with Gasteiger partial charge in [-0.2, -0.15) is 26.3 Å². The molecule has 0 fully saturated rings. The highest BCUT2D eigenvalue weighted by atomic mass is 31.0. The Bertz CT molecular complexity index is 224. The molecular weight excluding hydrogens is 281 g/mol. The number of halogens is 6. The van der Waals surface area contributed by atoms with Crippen LogP contribution in [0.4, 0.5) is 26.3 Å². The molecule has 1 nitrogen and oxygen atoms in total. The van der Waals surface area contributed by atoms with Crippen LogP contribution in [0.1, 0.15) is 32.6 Å². The molecule has 0 bridgehead atoms. The third-order valence-corrected chi connectivity index (χ3v) is 3.46. The Morgan fingerprint density at radius 3 is 1.72 bits per heavy atom. The summed E-state index contributed by atoms with van der Waals surface area (Å²) >= 11 is 0. The van der Waals surface area contributed by atoms with Gasteiger partial charge in [0.2, 0.25) is 0 Å². The molecule has 1 atom stereocenters. The zero-order valence-corrected chi connectivity index (χ0v) is 11.2. The van der Waals surface area contributed by atoms with E-state index < -0.39 is 23.9 Å². The predicted molar refractivity (Wildman–Crippen MR) is 59.5 cm³/mol. The van der Waals surface area contributed by atoms with Gasteiger partial charge in [-0.15, -0.1) is 9.24 Å². The first-order chi connectivity index (χ1) is 8.06. The number of hydrogen-bond acceptors (Lipinski definition) is 1. The van der Waals surface area contributed by atoms with E-state index in [9.17, 15) is 26.3 Å². The van der Waals surface area contributed by atoms with Crippen molar-refractivity contribution in [3.63, 3.8) is 0 Å². The van der Waals surface area contributed by atoms with Crippen LogP contribution in [0.5, 0.6) is 0 Å². The Morgan fingerprint density at radius 1 is 0.889 bits per heavy atom. The molecule has 0 aliphatic heterocycles. The Labute approximate surface area is 104 Å². The van der Waals surface area contributed by atoms with Crippen molar-refractivity contribution >= 4 is 9.24 Å². The van der Waals surface area contributed by atoms with Gasteiger partial charge < -0.3 is 4.74 Å². The minimum Gasteiger partial charge on any atom is -0.381 e. The maximum absolute atomic E-state index is 12.4. The van der Waals surface area contributed by atoms with Gasteiger partial charge in [0.1, 0.15) is 0 Å². The Kier molecular flexibility index (Phi) is 6.93. The van der Waals surface area contributed by atoms with Crippen molar-refractivity contribution in [1.82, 2.24) is 0 Å². The SMILES string of the molecule is CCCCOCCCC(P)(C(F)(F)F)C(F)(F)F. The molecule has 0 aromatic heterocycles. The lowest BCUT2D eigenvalue weighted by atomic mass is 10.0. The van der Waals surface area contributed by atoms with Crippen LogP contribution < -0.4 is 0 Å². The molecule has 0 aliphatic rings. The summed E-state index contributed by atoms with van der Waals surface area (Å²) in [7, 11) is 0.909. The molecule has 8 heteroatoms. The average Bonchev–Trinajstić information content (AvgIpc) is 2.19. The van der Waals surface area contributed by atoms with Crippen LogP contribution in [0.3, 0.4) is 0 Å². The highest BCUT2D eigenvalue weighted by Crippen LogP contribution is 2.52. The van der Waals surface area contributed by atoms with Gasteiger partial charge in [-0.3, -0.25) is 0 Å². The minimum atomic E-state index is -5.33. The molecule has 0 aliphatic carbocycles. The van der Waals surface area contributed by atoms with E-state index in [1.807, 2.05) is 6.92 Å². The van der Waals surface area contributed by atoms with E-state index in [1.165, 1.54) is 0 Å². The van der Waals surface area contributed by atoms with E-state index >= 15 is 0 Å². The van der Waals surface area contributed by atoms with Crippen LogP contribution in [-0.2, 0) is 4.74 Å². The van der Waals surface area contributed by atoms with E-state index in [4.69, 9.17) is 4.74 Å². The molecule has 0 radical (unpaired) electrons. The smallest absolute Gasteiger partial charge is 0.381 e. The number of hydrogen-bond donors (Lipinski definition) is 0. The van der Waals surface area contributed by atoms with Crippen LogP contribution in [-0.4, -0.2) is 30.7 Å². The largest absolute Gasteiger partial charge is 0.406 e. The monoisotopic (exact) mass is 298 g/mol. The summed E-state index contributed by atoms with van der Waals surface area (Å²) in [5.74, 6) is 0. The second kappa shape index (κ2) is 6.94. The minimum absolute atomic E-state index is 0.0949. The molecule has 0 aromatic carbocycles.